The van der Waals surface area contributed by atoms with Crippen LogP contribution in [-0.4, -0.2) is 17.3 Å². The maximum Gasteiger partial charge on any atom is 0.0910 e. The van der Waals surface area contributed by atoms with Crippen molar-refractivity contribution in [2.24, 2.45) is 4.99 Å². The Bertz CT molecular complexity index is 1940. The van der Waals surface area contributed by atoms with Gasteiger partial charge in [0.25, 0.3) is 0 Å². The van der Waals surface area contributed by atoms with E-state index >= 15 is 0 Å². The Morgan fingerprint density at radius 1 is 0.617 bits per heavy atom. The third-order valence-corrected chi connectivity index (χ3v) is 8.60. The molecule has 3 heteroatoms. The van der Waals surface area contributed by atoms with E-state index in [4.69, 9.17) is 9.73 Å². The second-order valence-corrected chi connectivity index (χ2v) is 11.8. The normalized spacial score (nSPS) is 13.3. The Balaban J connectivity index is 1.29. The highest BCUT2D eigenvalue weighted by atomic mass is 16.5. The molecule has 0 aliphatic carbocycles. The van der Waals surface area contributed by atoms with Crippen molar-refractivity contribution in [2.75, 3.05) is 6.61 Å². The highest BCUT2D eigenvalue weighted by molar-refractivity contribution is 6.14. The fraction of sp³-hybridized carbons (Fsp3) is 0.0909. The van der Waals surface area contributed by atoms with Crippen molar-refractivity contribution < 1.29 is 4.74 Å². The second-order valence-electron chi connectivity index (χ2n) is 11.8. The Hall–Kier alpha value is -5.80. The highest BCUT2D eigenvalue weighted by Crippen LogP contribution is 2.32. The number of allylic oxidation sites excluding steroid dienone is 2. The predicted molar refractivity (Wildman–Crippen MR) is 195 cm³/mol. The molecule has 0 amide bonds. The van der Waals surface area contributed by atoms with Crippen molar-refractivity contribution in [1.29, 1.82) is 0 Å². The minimum Gasteiger partial charge on any atom is -0.501 e. The molecule has 6 aromatic rings. The number of rotatable bonds is 8. The molecule has 0 N–H and O–H groups in total. The average molecular weight is 609 g/mol. The zero-order valence-corrected chi connectivity index (χ0v) is 26.5. The average Bonchev–Trinajstić information content (AvgIpc) is 3.37. The van der Waals surface area contributed by atoms with Crippen LogP contribution >= 0.6 is 0 Å². The number of ether oxygens (including phenoxy) is 1. The van der Waals surface area contributed by atoms with E-state index in [2.05, 4.69) is 139 Å². The Morgan fingerprint density at radius 2 is 1.19 bits per heavy atom. The SMILES string of the molecule is CC1=C(C(=NCc2cc(-c3ccc(-c4ccccc4)cc3)cc(-c3ccc(-c4ccccn4)cc3)c2)c2ccccc2)C=COCC1. The van der Waals surface area contributed by atoms with Gasteiger partial charge in [-0.05, 0) is 82.3 Å². The summed E-state index contributed by atoms with van der Waals surface area (Å²) < 4.78 is 5.67. The zero-order chi connectivity index (χ0) is 31.8. The number of hydrogen-bond donors (Lipinski definition) is 0. The van der Waals surface area contributed by atoms with Crippen LogP contribution in [0.4, 0.5) is 0 Å². The standard InChI is InChI=1S/C44H36N2O/c1-32-23-26-47-27-24-42(32)44(39-12-6-3-7-13-39)46-31-33-28-40(36-17-15-35(16-18-36)34-10-4-2-5-11-34)30-41(29-33)37-19-21-38(22-20-37)43-14-8-9-25-45-43/h2-22,24-25,27-30H,23,26,31H2,1H3. The Kier molecular flexibility index (Phi) is 8.96. The van der Waals surface area contributed by atoms with Crippen molar-refractivity contribution in [3.63, 3.8) is 0 Å². The fourth-order valence-electron chi connectivity index (χ4n) is 6.02. The van der Waals surface area contributed by atoms with Gasteiger partial charge in [-0.2, -0.15) is 0 Å². The molecule has 0 bridgehead atoms. The summed E-state index contributed by atoms with van der Waals surface area (Å²) in [5, 5.41) is 0. The summed E-state index contributed by atoms with van der Waals surface area (Å²) in [6, 6.07) is 51.4. The van der Waals surface area contributed by atoms with Crippen LogP contribution in [0, 0.1) is 0 Å². The third kappa shape index (κ3) is 7.05. The lowest BCUT2D eigenvalue weighted by atomic mass is 9.94. The summed E-state index contributed by atoms with van der Waals surface area (Å²) in [5.41, 5.74) is 14.8. The second kappa shape index (κ2) is 14.1. The summed E-state index contributed by atoms with van der Waals surface area (Å²) in [6.07, 6.45) is 6.58. The van der Waals surface area contributed by atoms with Crippen LogP contribution in [0.1, 0.15) is 24.5 Å². The molecule has 1 aliphatic heterocycles. The molecular formula is C44H36N2O. The summed E-state index contributed by atoms with van der Waals surface area (Å²) in [5.74, 6) is 0. The largest absolute Gasteiger partial charge is 0.501 e. The summed E-state index contributed by atoms with van der Waals surface area (Å²) in [7, 11) is 0. The first-order chi connectivity index (χ1) is 23.2. The highest BCUT2D eigenvalue weighted by Gasteiger charge is 2.14. The van der Waals surface area contributed by atoms with Gasteiger partial charge in [0, 0.05) is 29.3 Å². The summed E-state index contributed by atoms with van der Waals surface area (Å²) >= 11 is 0. The lowest BCUT2D eigenvalue weighted by molar-refractivity contribution is 0.256. The van der Waals surface area contributed by atoms with Crippen LogP contribution in [-0.2, 0) is 11.3 Å². The van der Waals surface area contributed by atoms with E-state index in [9.17, 15) is 0 Å². The van der Waals surface area contributed by atoms with E-state index in [0.717, 1.165) is 51.2 Å². The number of hydrogen-bond acceptors (Lipinski definition) is 3. The molecule has 0 saturated heterocycles. The molecule has 0 fully saturated rings. The van der Waals surface area contributed by atoms with Gasteiger partial charge in [-0.1, -0.05) is 121 Å². The van der Waals surface area contributed by atoms with E-state index in [0.29, 0.717) is 13.2 Å². The Morgan fingerprint density at radius 3 is 1.83 bits per heavy atom. The van der Waals surface area contributed by atoms with E-state index in [-0.39, 0.29) is 0 Å². The van der Waals surface area contributed by atoms with Gasteiger partial charge >= 0.3 is 0 Å². The monoisotopic (exact) mass is 608 g/mol. The van der Waals surface area contributed by atoms with Crippen LogP contribution in [0.5, 0.6) is 0 Å². The Labute approximate surface area is 277 Å². The van der Waals surface area contributed by atoms with E-state index in [1.54, 1.807) is 6.26 Å². The maximum absolute atomic E-state index is 5.67. The van der Waals surface area contributed by atoms with Gasteiger partial charge < -0.3 is 4.74 Å². The van der Waals surface area contributed by atoms with Crippen LogP contribution in [0.15, 0.2) is 180 Å². The smallest absolute Gasteiger partial charge is 0.0910 e. The summed E-state index contributed by atoms with van der Waals surface area (Å²) in [6.45, 7) is 3.41. The third-order valence-electron chi connectivity index (χ3n) is 8.60. The number of nitrogens with zero attached hydrogens (tertiary/aromatic N) is 2. The first-order valence-electron chi connectivity index (χ1n) is 16.1. The van der Waals surface area contributed by atoms with Gasteiger partial charge in [-0.3, -0.25) is 9.98 Å². The molecule has 0 spiro atoms. The molecule has 5 aromatic carbocycles. The van der Waals surface area contributed by atoms with Gasteiger partial charge in [0.15, 0.2) is 0 Å². The molecule has 0 saturated carbocycles. The van der Waals surface area contributed by atoms with Crippen molar-refractivity contribution in [2.45, 2.75) is 19.9 Å². The molecular weight excluding hydrogens is 572 g/mol. The van der Waals surface area contributed by atoms with Crippen molar-refractivity contribution in [3.05, 3.63) is 186 Å². The van der Waals surface area contributed by atoms with Crippen LogP contribution in [0.2, 0.25) is 0 Å². The molecule has 0 unspecified atom stereocenters. The van der Waals surface area contributed by atoms with Crippen LogP contribution in [0.25, 0.3) is 44.6 Å². The van der Waals surface area contributed by atoms with Crippen molar-refractivity contribution >= 4 is 5.71 Å². The topological polar surface area (TPSA) is 34.5 Å². The maximum atomic E-state index is 5.67. The number of pyridine rings is 1. The minimum atomic E-state index is 0.546. The van der Waals surface area contributed by atoms with Gasteiger partial charge in [0.05, 0.1) is 30.8 Å². The van der Waals surface area contributed by atoms with Crippen LogP contribution < -0.4 is 0 Å². The van der Waals surface area contributed by atoms with Gasteiger partial charge in [0.1, 0.15) is 0 Å². The molecule has 7 rings (SSSR count). The number of benzene rings is 5. The minimum absolute atomic E-state index is 0.546. The number of aromatic nitrogens is 1. The molecule has 228 valence electrons. The number of aliphatic imine (C=N–C) groups is 1. The lowest BCUT2D eigenvalue weighted by Gasteiger charge is -2.14. The molecule has 2 heterocycles. The van der Waals surface area contributed by atoms with Crippen molar-refractivity contribution in [3.8, 4) is 44.6 Å². The molecule has 0 radical (unpaired) electrons. The van der Waals surface area contributed by atoms with Gasteiger partial charge in [-0.15, -0.1) is 0 Å². The molecule has 1 aliphatic rings. The van der Waals surface area contributed by atoms with E-state index in [1.165, 1.54) is 27.8 Å². The fourth-order valence-corrected chi connectivity index (χ4v) is 6.02. The molecule has 3 nitrogen and oxygen atoms in total. The van der Waals surface area contributed by atoms with Crippen molar-refractivity contribution in [1.82, 2.24) is 4.98 Å². The zero-order valence-electron chi connectivity index (χ0n) is 26.5. The van der Waals surface area contributed by atoms with E-state index < -0.39 is 0 Å². The first-order valence-corrected chi connectivity index (χ1v) is 16.1. The van der Waals surface area contributed by atoms with Gasteiger partial charge in [-0.25, -0.2) is 0 Å². The molecule has 0 atom stereocenters. The van der Waals surface area contributed by atoms with E-state index in [1.807, 2.05) is 30.5 Å². The lowest BCUT2D eigenvalue weighted by Crippen LogP contribution is -2.07. The molecule has 47 heavy (non-hydrogen) atoms. The first kappa shape index (κ1) is 29.9. The van der Waals surface area contributed by atoms with Gasteiger partial charge in [0.2, 0.25) is 0 Å². The van der Waals surface area contributed by atoms with Crippen LogP contribution in [0.3, 0.4) is 0 Å². The summed E-state index contributed by atoms with van der Waals surface area (Å²) in [4.78, 5) is 9.83. The molecule has 1 aromatic heterocycles. The quantitative estimate of drug-likeness (QED) is 0.161. The predicted octanol–water partition coefficient (Wildman–Crippen LogP) is 11.0.